The van der Waals surface area contributed by atoms with E-state index in [1.165, 1.54) is 11.1 Å². The van der Waals surface area contributed by atoms with Crippen LogP contribution in [0, 0.1) is 0 Å². The molecule has 0 aromatic heterocycles. The van der Waals surface area contributed by atoms with Crippen LogP contribution in [0.2, 0.25) is 0 Å². The quantitative estimate of drug-likeness (QED) is 0.768. The van der Waals surface area contributed by atoms with Crippen molar-refractivity contribution in [3.8, 4) is 0 Å². The maximum absolute atomic E-state index is 5.82. The van der Waals surface area contributed by atoms with Crippen LogP contribution < -0.4 is 11.5 Å². The minimum absolute atomic E-state index is 0.843. The van der Waals surface area contributed by atoms with E-state index in [4.69, 9.17) is 11.5 Å². The van der Waals surface area contributed by atoms with Gasteiger partial charge in [-0.1, -0.05) is 31.2 Å². The zero-order valence-electron chi connectivity index (χ0n) is 12.8. The van der Waals surface area contributed by atoms with Gasteiger partial charge >= 0.3 is 0 Å². The first-order chi connectivity index (χ1) is 10.2. The number of hydrogen-bond acceptors (Lipinski definition) is 3. The molecule has 0 aliphatic rings. The summed E-state index contributed by atoms with van der Waals surface area (Å²) in [6, 6.07) is 16.3. The molecule has 0 radical (unpaired) electrons. The average molecular weight is 283 g/mol. The molecule has 3 nitrogen and oxygen atoms in total. The molecular formula is C18H25N3. The molecule has 3 heteroatoms. The van der Waals surface area contributed by atoms with Gasteiger partial charge < -0.3 is 16.4 Å². The number of hydrogen-bond donors (Lipinski definition) is 2. The minimum Gasteiger partial charge on any atom is -0.399 e. The van der Waals surface area contributed by atoms with Crippen molar-refractivity contribution >= 4 is 11.4 Å². The summed E-state index contributed by atoms with van der Waals surface area (Å²) in [5.41, 5.74) is 15.9. The highest BCUT2D eigenvalue weighted by Crippen LogP contribution is 2.10. The lowest BCUT2D eigenvalue weighted by Gasteiger charge is -2.20. The first kappa shape index (κ1) is 15.4. The standard InChI is InChI=1S/C18H25N3/c1-2-21(11-9-15-5-3-7-17(19)13-15)12-10-16-6-4-8-18(20)14-16/h3-8,13-14H,2,9-12,19-20H2,1H3. The molecule has 21 heavy (non-hydrogen) atoms. The fourth-order valence-electron chi connectivity index (χ4n) is 2.50. The van der Waals surface area contributed by atoms with E-state index in [0.29, 0.717) is 0 Å². The van der Waals surface area contributed by atoms with E-state index in [0.717, 1.165) is 43.9 Å². The fourth-order valence-corrected chi connectivity index (χ4v) is 2.50. The van der Waals surface area contributed by atoms with Gasteiger partial charge in [-0.05, 0) is 54.8 Å². The topological polar surface area (TPSA) is 55.3 Å². The number of nitrogens with two attached hydrogens (primary N) is 2. The van der Waals surface area contributed by atoms with Crippen LogP contribution in [0.4, 0.5) is 11.4 Å². The number of likely N-dealkylation sites (N-methyl/N-ethyl adjacent to an activating group) is 1. The van der Waals surface area contributed by atoms with Gasteiger partial charge in [-0.3, -0.25) is 0 Å². The normalized spacial score (nSPS) is 11.0. The highest BCUT2D eigenvalue weighted by Gasteiger charge is 2.04. The van der Waals surface area contributed by atoms with Crippen LogP contribution in [0.15, 0.2) is 48.5 Å². The van der Waals surface area contributed by atoms with Gasteiger partial charge in [-0.25, -0.2) is 0 Å². The molecule has 2 rings (SSSR count). The summed E-state index contributed by atoms with van der Waals surface area (Å²) in [6.45, 7) is 5.38. The highest BCUT2D eigenvalue weighted by molar-refractivity contribution is 5.41. The first-order valence-corrected chi connectivity index (χ1v) is 7.58. The number of nitrogens with zero attached hydrogens (tertiary/aromatic N) is 1. The van der Waals surface area contributed by atoms with Crippen molar-refractivity contribution in [3.63, 3.8) is 0 Å². The third kappa shape index (κ3) is 5.12. The molecule has 2 aromatic rings. The van der Waals surface area contributed by atoms with Gasteiger partial charge in [0, 0.05) is 24.5 Å². The second-order valence-corrected chi connectivity index (χ2v) is 5.42. The van der Waals surface area contributed by atoms with E-state index in [1.807, 2.05) is 24.3 Å². The summed E-state index contributed by atoms with van der Waals surface area (Å²) in [6.07, 6.45) is 2.08. The van der Waals surface area contributed by atoms with E-state index in [9.17, 15) is 0 Å². The molecule has 112 valence electrons. The molecule has 0 fully saturated rings. The molecule has 0 aliphatic heterocycles. The van der Waals surface area contributed by atoms with E-state index >= 15 is 0 Å². The van der Waals surface area contributed by atoms with Crippen LogP contribution in [-0.2, 0) is 12.8 Å². The Morgan fingerprint density at radius 1 is 0.810 bits per heavy atom. The molecular weight excluding hydrogens is 258 g/mol. The van der Waals surface area contributed by atoms with Crippen molar-refractivity contribution in [2.75, 3.05) is 31.1 Å². The zero-order chi connectivity index (χ0) is 15.1. The summed E-state index contributed by atoms with van der Waals surface area (Å²) in [4.78, 5) is 2.46. The largest absolute Gasteiger partial charge is 0.399 e. The van der Waals surface area contributed by atoms with Crippen LogP contribution in [-0.4, -0.2) is 24.5 Å². The first-order valence-electron chi connectivity index (χ1n) is 7.58. The van der Waals surface area contributed by atoms with E-state index in [2.05, 4.69) is 36.1 Å². The molecule has 0 atom stereocenters. The molecule has 2 aromatic carbocycles. The summed E-state index contributed by atoms with van der Waals surface area (Å²) in [7, 11) is 0. The zero-order valence-corrected chi connectivity index (χ0v) is 12.8. The van der Waals surface area contributed by atoms with Gasteiger partial charge in [0.25, 0.3) is 0 Å². The molecule has 0 saturated heterocycles. The Morgan fingerprint density at radius 3 is 1.67 bits per heavy atom. The van der Waals surface area contributed by atoms with Crippen LogP contribution in [0.25, 0.3) is 0 Å². The van der Waals surface area contributed by atoms with Crippen LogP contribution in [0.3, 0.4) is 0 Å². The SMILES string of the molecule is CCN(CCc1cccc(N)c1)CCc1cccc(N)c1. The van der Waals surface area contributed by atoms with E-state index in [-0.39, 0.29) is 0 Å². The smallest absolute Gasteiger partial charge is 0.0316 e. The number of rotatable bonds is 7. The Hall–Kier alpha value is -2.00. The van der Waals surface area contributed by atoms with Crippen molar-refractivity contribution in [1.29, 1.82) is 0 Å². The predicted molar refractivity (Wildman–Crippen MR) is 91.2 cm³/mol. The average Bonchev–Trinajstić information content (AvgIpc) is 2.47. The lowest BCUT2D eigenvalue weighted by atomic mass is 10.1. The number of nitrogen functional groups attached to an aromatic ring is 2. The maximum Gasteiger partial charge on any atom is 0.0316 e. The van der Waals surface area contributed by atoms with Gasteiger partial charge in [-0.15, -0.1) is 0 Å². The molecule has 4 N–H and O–H groups in total. The summed E-state index contributed by atoms with van der Waals surface area (Å²) in [5, 5.41) is 0. The Bertz CT molecular complexity index is 516. The van der Waals surface area contributed by atoms with Gasteiger partial charge in [-0.2, -0.15) is 0 Å². The van der Waals surface area contributed by atoms with E-state index < -0.39 is 0 Å². The number of benzene rings is 2. The van der Waals surface area contributed by atoms with Crippen LogP contribution in [0.5, 0.6) is 0 Å². The van der Waals surface area contributed by atoms with Gasteiger partial charge in [0.05, 0.1) is 0 Å². The van der Waals surface area contributed by atoms with Gasteiger partial charge in [0.1, 0.15) is 0 Å². The lowest BCUT2D eigenvalue weighted by molar-refractivity contribution is 0.295. The van der Waals surface area contributed by atoms with Gasteiger partial charge in [0.2, 0.25) is 0 Å². The molecule has 0 bridgehead atoms. The van der Waals surface area contributed by atoms with Crippen molar-refractivity contribution in [2.45, 2.75) is 19.8 Å². The second-order valence-electron chi connectivity index (χ2n) is 5.42. The lowest BCUT2D eigenvalue weighted by Crippen LogP contribution is -2.28. The summed E-state index contributed by atoms with van der Waals surface area (Å²) >= 11 is 0. The van der Waals surface area contributed by atoms with Crippen molar-refractivity contribution in [3.05, 3.63) is 59.7 Å². The monoisotopic (exact) mass is 283 g/mol. The van der Waals surface area contributed by atoms with Crippen LogP contribution >= 0.6 is 0 Å². The predicted octanol–water partition coefficient (Wildman–Crippen LogP) is 2.96. The molecule has 0 heterocycles. The maximum atomic E-state index is 5.82. The molecule has 0 aliphatic carbocycles. The van der Waals surface area contributed by atoms with Crippen molar-refractivity contribution < 1.29 is 0 Å². The van der Waals surface area contributed by atoms with Crippen LogP contribution in [0.1, 0.15) is 18.1 Å². The molecule has 0 spiro atoms. The Morgan fingerprint density at radius 2 is 1.29 bits per heavy atom. The third-order valence-corrected chi connectivity index (χ3v) is 3.78. The molecule has 0 saturated carbocycles. The van der Waals surface area contributed by atoms with Gasteiger partial charge in [0.15, 0.2) is 0 Å². The fraction of sp³-hybridized carbons (Fsp3) is 0.333. The third-order valence-electron chi connectivity index (χ3n) is 3.78. The molecule has 0 unspecified atom stereocenters. The van der Waals surface area contributed by atoms with Crippen molar-refractivity contribution in [2.24, 2.45) is 0 Å². The summed E-state index contributed by atoms with van der Waals surface area (Å²) in [5.74, 6) is 0. The second kappa shape index (κ2) is 7.70. The Kier molecular flexibility index (Phi) is 5.64. The van der Waals surface area contributed by atoms with Crippen molar-refractivity contribution in [1.82, 2.24) is 4.90 Å². The minimum atomic E-state index is 0.843. The highest BCUT2D eigenvalue weighted by atomic mass is 15.1. The molecule has 0 amide bonds. The Balaban J connectivity index is 1.83. The van der Waals surface area contributed by atoms with E-state index in [1.54, 1.807) is 0 Å². The number of anilines is 2. The summed E-state index contributed by atoms with van der Waals surface area (Å²) < 4.78 is 0. The Labute approximate surface area is 127 Å².